The molecule has 1 saturated carbocycles. The number of aryl methyl sites for hydroxylation is 1. The third kappa shape index (κ3) is 2.67. The predicted octanol–water partition coefficient (Wildman–Crippen LogP) is 3.23. The van der Waals surface area contributed by atoms with Gasteiger partial charge in [-0.3, -0.25) is 10.1 Å². The van der Waals surface area contributed by atoms with Crippen molar-refractivity contribution < 1.29 is 9.66 Å². The van der Waals surface area contributed by atoms with Crippen LogP contribution in [0.25, 0.3) is 0 Å². The van der Waals surface area contributed by atoms with Crippen LogP contribution in [0.5, 0.6) is 0 Å². The fraction of sp³-hybridized carbons (Fsp3) is 0.688. The first-order chi connectivity index (χ1) is 10.3. The monoisotopic (exact) mass is 305 g/mol. The molecular formula is C16H23N3O3. The highest BCUT2D eigenvalue weighted by molar-refractivity contribution is 5.62. The zero-order valence-corrected chi connectivity index (χ0v) is 13.5. The number of rotatable bonds is 2. The number of anilines is 1. The maximum Gasteiger partial charge on any atom is 0.314 e. The zero-order valence-electron chi connectivity index (χ0n) is 13.5. The molecule has 22 heavy (non-hydrogen) atoms. The van der Waals surface area contributed by atoms with Crippen LogP contribution in [0.4, 0.5) is 11.5 Å². The maximum atomic E-state index is 11.5. The summed E-state index contributed by atoms with van der Waals surface area (Å²) in [5.41, 5.74) is 0.260. The van der Waals surface area contributed by atoms with Crippen molar-refractivity contribution in [1.82, 2.24) is 4.98 Å². The molecule has 1 aromatic rings. The van der Waals surface area contributed by atoms with Crippen molar-refractivity contribution in [2.24, 2.45) is 0 Å². The van der Waals surface area contributed by atoms with Crippen LogP contribution in [-0.4, -0.2) is 34.2 Å². The summed E-state index contributed by atoms with van der Waals surface area (Å²) in [5.74, 6) is 0.479. The van der Waals surface area contributed by atoms with Crippen molar-refractivity contribution in [2.45, 2.75) is 57.7 Å². The van der Waals surface area contributed by atoms with Crippen LogP contribution >= 0.6 is 0 Å². The summed E-state index contributed by atoms with van der Waals surface area (Å²) >= 11 is 0. The molecule has 6 heteroatoms. The first-order valence-corrected chi connectivity index (χ1v) is 7.87. The van der Waals surface area contributed by atoms with Gasteiger partial charge < -0.3 is 9.64 Å². The van der Waals surface area contributed by atoms with Crippen molar-refractivity contribution >= 4 is 11.5 Å². The van der Waals surface area contributed by atoms with Gasteiger partial charge in [0.25, 0.3) is 0 Å². The number of nitrogens with zero attached hydrogens (tertiary/aromatic N) is 3. The van der Waals surface area contributed by atoms with Crippen LogP contribution in [-0.2, 0) is 4.74 Å². The van der Waals surface area contributed by atoms with Crippen molar-refractivity contribution in [3.05, 3.63) is 27.9 Å². The molecule has 120 valence electrons. The van der Waals surface area contributed by atoms with Gasteiger partial charge in [-0.2, -0.15) is 0 Å². The van der Waals surface area contributed by atoms with Crippen LogP contribution < -0.4 is 4.90 Å². The number of ether oxygens (including phenoxy) is 1. The lowest BCUT2D eigenvalue weighted by atomic mass is 9.94. The first-order valence-electron chi connectivity index (χ1n) is 7.87. The SMILES string of the molecule is Cc1ccnc(N2CC(C)(C)OC3(CCCC3)C2)c1[N+](=O)[O-]. The van der Waals surface area contributed by atoms with Crippen LogP contribution in [0.3, 0.4) is 0 Å². The normalized spacial score (nSPS) is 23.0. The summed E-state index contributed by atoms with van der Waals surface area (Å²) in [6.07, 6.45) is 6.01. The molecule has 0 unspecified atom stereocenters. The van der Waals surface area contributed by atoms with E-state index in [1.165, 1.54) is 0 Å². The van der Waals surface area contributed by atoms with E-state index in [0.717, 1.165) is 25.7 Å². The minimum absolute atomic E-state index is 0.119. The highest BCUT2D eigenvalue weighted by atomic mass is 16.6. The van der Waals surface area contributed by atoms with Crippen molar-refractivity contribution in [2.75, 3.05) is 18.0 Å². The molecule has 1 aliphatic heterocycles. The van der Waals surface area contributed by atoms with Crippen LogP contribution in [0, 0.1) is 17.0 Å². The van der Waals surface area contributed by atoms with Gasteiger partial charge in [0.05, 0.1) is 16.1 Å². The lowest BCUT2D eigenvalue weighted by molar-refractivity contribution is -0.385. The van der Waals surface area contributed by atoms with Crippen LogP contribution in [0.1, 0.15) is 45.1 Å². The number of pyridine rings is 1. The van der Waals surface area contributed by atoms with Gasteiger partial charge in [0.1, 0.15) is 0 Å². The average Bonchev–Trinajstić information content (AvgIpc) is 2.83. The average molecular weight is 305 g/mol. The summed E-state index contributed by atoms with van der Waals surface area (Å²) in [4.78, 5) is 17.5. The fourth-order valence-electron chi connectivity index (χ4n) is 3.94. The van der Waals surface area contributed by atoms with E-state index in [9.17, 15) is 10.1 Å². The van der Waals surface area contributed by atoms with E-state index >= 15 is 0 Å². The molecule has 1 aromatic heterocycles. The highest BCUT2D eigenvalue weighted by Gasteiger charge is 2.47. The molecule has 0 radical (unpaired) electrons. The summed E-state index contributed by atoms with van der Waals surface area (Å²) in [6.45, 7) is 7.18. The zero-order chi connectivity index (χ0) is 16.0. The van der Waals surface area contributed by atoms with Gasteiger partial charge in [0, 0.05) is 24.8 Å². The molecule has 3 rings (SSSR count). The molecule has 1 saturated heterocycles. The fourth-order valence-corrected chi connectivity index (χ4v) is 3.94. The van der Waals surface area contributed by atoms with E-state index in [-0.39, 0.29) is 21.8 Å². The molecular weight excluding hydrogens is 282 g/mol. The number of nitro groups is 1. The second kappa shape index (κ2) is 5.19. The third-order valence-corrected chi connectivity index (χ3v) is 4.65. The van der Waals surface area contributed by atoms with Crippen LogP contribution in [0.2, 0.25) is 0 Å². The standard InChI is InChI=1S/C16H23N3O3/c1-12-6-9-17-14(13(12)19(20)21)18-10-15(2,3)22-16(11-18)7-4-5-8-16/h6,9H,4-5,7-8,10-11H2,1-3H3. The summed E-state index contributed by atoms with van der Waals surface area (Å²) < 4.78 is 6.37. The minimum Gasteiger partial charge on any atom is -0.365 e. The topological polar surface area (TPSA) is 68.5 Å². The molecule has 0 aromatic carbocycles. The molecule has 1 aliphatic carbocycles. The summed E-state index contributed by atoms with van der Waals surface area (Å²) in [7, 11) is 0. The minimum atomic E-state index is -0.331. The molecule has 2 aliphatic rings. The Morgan fingerprint density at radius 3 is 2.64 bits per heavy atom. The van der Waals surface area contributed by atoms with Crippen LogP contribution in [0.15, 0.2) is 12.3 Å². The van der Waals surface area contributed by atoms with Gasteiger partial charge in [-0.25, -0.2) is 4.98 Å². The van der Waals surface area contributed by atoms with Gasteiger partial charge in [0.15, 0.2) is 0 Å². The number of hydrogen-bond donors (Lipinski definition) is 0. The molecule has 0 N–H and O–H groups in total. The van der Waals surface area contributed by atoms with Crippen molar-refractivity contribution in [3.8, 4) is 0 Å². The Balaban J connectivity index is 2.01. The molecule has 0 bridgehead atoms. The van der Waals surface area contributed by atoms with Crippen molar-refractivity contribution in [1.29, 1.82) is 0 Å². The number of aromatic nitrogens is 1. The van der Waals surface area contributed by atoms with E-state index < -0.39 is 0 Å². The Morgan fingerprint density at radius 2 is 2.00 bits per heavy atom. The first kappa shape index (κ1) is 15.2. The lowest BCUT2D eigenvalue weighted by Gasteiger charge is -2.49. The lowest BCUT2D eigenvalue weighted by Crippen LogP contribution is -2.59. The quantitative estimate of drug-likeness (QED) is 0.620. The number of hydrogen-bond acceptors (Lipinski definition) is 5. The van der Waals surface area contributed by atoms with Gasteiger partial charge in [0.2, 0.25) is 5.82 Å². The van der Waals surface area contributed by atoms with E-state index in [1.54, 1.807) is 19.2 Å². The van der Waals surface area contributed by atoms with Gasteiger partial charge >= 0.3 is 5.69 Å². The van der Waals surface area contributed by atoms with Gasteiger partial charge in [-0.05, 0) is 39.7 Å². The Kier molecular flexibility index (Phi) is 3.59. The van der Waals surface area contributed by atoms with E-state index in [1.807, 2.05) is 0 Å². The predicted molar refractivity (Wildman–Crippen MR) is 84.2 cm³/mol. The Labute approximate surface area is 130 Å². The molecule has 2 fully saturated rings. The second-order valence-corrected chi connectivity index (χ2v) is 7.17. The molecule has 0 atom stereocenters. The smallest absolute Gasteiger partial charge is 0.314 e. The largest absolute Gasteiger partial charge is 0.365 e. The van der Waals surface area contributed by atoms with E-state index in [4.69, 9.17) is 4.74 Å². The Morgan fingerprint density at radius 1 is 1.32 bits per heavy atom. The number of morpholine rings is 1. The van der Waals surface area contributed by atoms with E-state index in [2.05, 4.69) is 23.7 Å². The van der Waals surface area contributed by atoms with Gasteiger partial charge in [-0.15, -0.1) is 0 Å². The second-order valence-electron chi connectivity index (χ2n) is 7.17. The van der Waals surface area contributed by atoms with Gasteiger partial charge in [-0.1, -0.05) is 12.8 Å². The molecule has 2 heterocycles. The summed E-state index contributed by atoms with van der Waals surface area (Å²) in [6, 6.07) is 1.69. The Hall–Kier alpha value is -1.69. The molecule has 1 spiro atoms. The van der Waals surface area contributed by atoms with E-state index in [0.29, 0.717) is 24.5 Å². The third-order valence-electron chi connectivity index (χ3n) is 4.65. The highest BCUT2D eigenvalue weighted by Crippen LogP contribution is 2.43. The maximum absolute atomic E-state index is 11.5. The molecule has 6 nitrogen and oxygen atoms in total. The summed E-state index contributed by atoms with van der Waals surface area (Å²) in [5, 5.41) is 11.5. The van der Waals surface area contributed by atoms with Crippen molar-refractivity contribution in [3.63, 3.8) is 0 Å². The Bertz CT molecular complexity index is 594. The molecule has 0 amide bonds.